The molecular formula is C19H31NO7. The largest absolute Gasteiger partial charge is 0.491 e. The number of hydrogen-bond donors (Lipinski definition) is 3. The Morgan fingerprint density at radius 1 is 0.926 bits per heavy atom. The predicted octanol–water partition coefficient (Wildman–Crippen LogP) is 1.61. The summed E-state index contributed by atoms with van der Waals surface area (Å²) >= 11 is 0. The summed E-state index contributed by atoms with van der Waals surface area (Å²) in [5.41, 5.74) is 0.858. The van der Waals surface area contributed by atoms with Gasteiger partial charge in [0.25, 0.3) is 0 Å². The Hall–Kier alpha value is -1.87. The number of carbonyl (C=O) groups is 1. The average molecular weight is 385 g/mol. The zero-order valence-corrected chi connectivity index (χ0v) is 16.3. The van der Waals surface area contributed by atoms with Gasteiger partial charge >= 0.3 is 6.09 Å². The van der Waals surface area contributed by atoms with Crippen LogP contribution in [0.1, 0.15) is 31.9 Å². The van der Waals surface area contributed by atoms with Crippen LogP contribution in [0.3, 0.4) is 0 Å². The number of ether oxygens (including phenoxy) is 4. The van der Waals surface area contributed by atoms with E-state index >= 15 is 0 Å². The minimum atomic E-state index is -0.514. The van der Waals surface area contributed by atoms with Crippen molar-refractivity contribution in [3.8, 4) is 5.75 Å². The van der Waals surface area contributed by atoms with Crippen LogP contribution in [0.25, 0.3) is 0 Å². The highest BCUT2D eigenvalue weighted by Crippen LogP contribution is 2.17. The maximum atomic E-state index is 11.4. The number of carbonyl (C=O) groups excluding carboxylic acids is 1. The Morgan fingerprint density at radius 2 is 1.48 bits per heavy atom. The molecule has 0 aliphatic heterocycles. The van der Waals surface area contributed by atoms with Gasteiger partial charge in [-0.3, -0.25) is 0 Å². The van der Waals surface area contributed by atoms with E-state index in [9.17, 15) is 15.0 Å². The third-order valence-electron chi connectivity index (χ3n) is 3.17. The van der Waals surface area contributed by atoms with Gasteiger partial charge < -0.3 is 34.5 Å². The normalized spacial score (nSPS) is 11.3. The summed E-state index contributed by atoms with van der Waals surface area (Å²) in [5.74, 6) is 0.582. The maximum absolute atomic E-state index is 11.4. The second-order valence-corrected chi connectivity index (χ2v) is 6.80. The highest BCUT2D eigenvalue weighted by molar-refractivity contribution is 5.67. The first-order valence-corrected chi connectivity index (χ1v) is 8.94. The summed E-state index contributed by atoms with van der Waals surface area (Å²) in [7, 11) is 0. The smallest absolute Gasteiger partial charge is 0.407 e. The van der Waals surface area contributed by atoms with Gasteiger partial charge in [0.2, 0.25) is 0 Å². The molecule has 8 heteroatoms. The summed E-state index contributed by atoms with van der Waals surface area (Å²) in [6.45, 7) is 7.48. The third-order valence-corrected chi connectivity index (χ3v) is 3.17. The summed E-state index contributed by atoms with van der Waals surface area (Å²) in [6, 6.07) is 5.16. The van der Waals surface area contributed by atoms with Gasteiger partial charge in [-0.25, -0.2) is 4.79 Å². The van der Waals surface area contributed by atoms with E-state index in [-0.39, 0.29) is 13.2 Å². The van der Waals surface area contributed by atoms with Gasteiger partial charge in [-0.05, 0) is 44.0 Å². The zero-order valence-electron chi connectivity index (χ0n) is 16.3. The van der Waals surface area contributed by atoms with Gasteiger partial charge in [-0.15, -0.1) is 0 Å². The lowest BCUT2D eigenvalue weighted by Crippen LogP contribution is -2.34. The second-order valence-electron chi connectivity index (χ2n) is 6.80. The van der Waals surface area contributed by atoms with E-state index < -0.39 is 11.7 Å². The molecule has 1 aromatic rings. The van der Waals surface area contributed by atoms with Crippen molar-refractivity contribution in [2.75, 3.05) is 39.6 Å². The predicted molar refractivity (Wildman–Crippen MR) is 99.7 cm³/mol. The standard InChI is InChI=1S/C19H31NO7/c1-19(2,3)27-18(23)20-4-5-24-6-7-25-8-9-26-17-11-15(13-21)10-16(12-17)14-22/h10-12,21-22H,4-9,13-14H2,1-3H3,(H,20,23). The summed E-state index contributed by atoms with van der Waals surface area (Å²) in [5, 5.41) is 21.0. The van der Waals surface area contributed by atoms with Gasteiger partial charge in [-0.1, -0.05) is 6.07 Å². The third kappa shape index (κ3) is 11.4. The van der Waals surface area contributed by atoms with Crippen molar-refractivity contribution in [3.63, 3.8) is 0 Å². The Bertz CT molecular complexity index is 535. The molecule has 0 unspecified atom stereocenters. The van der Waals surface area contributed by atoms with E-state index in [1.54, 1.807) is 39.0 Å². The molecule has 0 fully saturated rings. The molecule has 154 valence electrons. The van der Waals surface area contributed by atoms with Gasteiger partial charge in [0, 0.05) is 6.54 Å². The average Bonchev–Trinajstić information content (AvgIpc) is 2.61. The molecular weight excluding hydrogens is 354 g/mol. The summed E-state index contributed by atoms with van der Waals surface area (Å²) in [4.78, 5) is 11.4. The molecule has 0 aromatic heterocycles. The molecule has 0 heterocycles. The van der Waals surface area contributed by atoms with E-state index in [0.29, 0.717) is 56.5 Å². The number of alkyl carbamates (subject to hydrolysis) is 1. The van der Waals surface area contributed by atoms with Crippen LogP contribution >= 0.6 is 0 Å². The first-order chi connectivity index (χ1) is 12.8. The van der Waals surface area contributed by atoms with Crippen molar-refractivity contribution in [1.82, 2.24) is 5.32 Å². The van der Waals surface area contributed by atoms with Crippen molar-refractivity contribution >= 4 is 6.09 Å². The fraction of sp³-hybridized carbons (Fsp3) is 0.632. The minimum Gasteiger partial charge on any atom is -0.491 e. The van der Waals surface area contributed by atoms with Crippen LogP contribution in [0.15, 0.2) is 18.2 Å². The first-order valence-electron chi connectivity index (χ1n) is 8.94. The number of aliphatic hydroxyl groups excluding tert-OH is 2. The van der Waals surface area contributed by atoms with Gasteiger partial charge in [0.15, 0.2) is 0 Å². The van der Waals surface area contributed by atoms with E-state index in [1.807, 2.05) is 0 Å². The summed E-state index contributed by atoms with van der Waals surface area (Å²) in [6.07, 6.45) is -0.464. The molecule has 0 aliphatic carbocycles. The fourth-order valence-electron chi connectivity index (χ4n) is 2.07. The second kappa shape index (κ2) is 12.5. The van der Waals surface area contributed by atoms with Gasteiger partial charge in [0.05, 0.1) is 39.6 Å². The molecule has 0 aliphatic rings. The summed E-state index contributed by atoms with van der Waals surface area (Å²) < 4.78 is 21.4. The van der Waals surface area contributed by atoms with Crippen molar-refractivity contribution in [2.24, 2.45) is 0 Å². The van der Waals surface area contributed by atoms with Crippen LogP contribution in [0.5, 0.6) is 5.75 Å². The van der Waals surface area contributed by atoms with Crippen LogP contribution in [-0.4, -0.2) is 61.5 Å². The van der Waals surface area contributed by atoms with Crippen molar-refractivity contribution in [1.29, 1.82) is 0 Å². The fourth-order valence-corrected chi connectivity index (χ4v) is 2.07. The number of amides is 1. The van der Waals surface area contributed by atoms with Crippen LogP contribution < -0.4 is 10.1 Å². The molecule has 27 heavy (non-hydrogen) atoms. The Labute approximate surface area is 160 Å². The minimum absolute atomic E-state index is 0.110. The molecule has 0 bridgehead atoms. The van der Waals surface area contributed by atoms with E-state index in [4.69, 9.17) is 18.9 Å². The zero-order chi connectivity index (χ0) is 20.1. The highest BCUT2D eigenvalue weighted by Gasteiger charge is 2.15. The van der Waals surface area contributed by atoms with Crippen LogP contribution in [0.4, 0.5) is 4.79 Å². The molecule has 0 atom stereocenters. The van der Waals surface area contributed by atoms with Crippen LogP contribution in [0, 0.1) is 0 Å². The lowest BCUT2D eigenvalue weighted by atomic mass is 10.1. The number of hydrogen-bond acceptors (Lipinski definition) is 7. The lowest BCUT2D eigenvalue weighted by Gasteiger charge is -2.19. The number of aliphatic hydroxyl groups is 2. The molecule has 1 rings (SSSR count). The Balaban J connectivity index is 2.03. The topological polar surface area (TPSA) is 106 Å². The SMILES string of the molecule is CC(C)(C)OC(=O)NCCOCCOCCOc1cc(CO)cc(CO)c1. The number of rotatable bonds is 12. The maximum Gasteiger partial charge on any atom is 0.407 e. The first kappa shape index (κ1) is 23.2. The highest BCUT2D eigenvalue weighted by atomic mass is 16.6. The van der Waals surface area contributed by atoms with Crippen molar-refractivity contribution < 1.29 is 34.0 Å². The molecule has 1 aromatic carbocycles. The molecule has 0 saturated heterocycles. The van der Waals surface area contributed by atoms with Crippen molar-refractivity contribution in [2.45, 2.75) is 39.6 Å². The molecule has 3 N–H and O–H groups in total. The van der Waals surface area contributed by atoms with Gasteiger partial charge in [-0.2, -0.15) is 0 Å². The molecule has 0 radical (unpaired) electrons. The van der Waals surface area contributed by atoms with Crippen LogP contribution in [-0.2, 0) is 27.4 Å². The van der Waals surface area contributed by atoms with E-state index in [1.165, 1.54) is 0 Å². The quantitative estimate of drug-likeness (QED) is 0.469. The molecule has 8 nitrogen and oxygen atoms in total. The molecule has 1 amide bonds. The van der Waals surface area contributed by atoms with E-state index in [0.717, 1.165) is 0 Å². The van der Waals surface area contributed by atoms with Crippen LogP contribution in [0.2, 0.25) is 0 Å². The van der Waals surface area contributed by atoms with Crippen molar-refractivity contribution in [3.05, 3.63) is 29.3 Å². The Kier molecular flexibility index (Phi) is 10.7. The Morgan fingerprint density at radius 3 is 2.04 bits per heavy atom. The van der Waals surface area contributed by atoms with Gasteiger partial charge in [0.1, 0.15) is 18.0 Å². The lowest BCUT2D eigenvalue weighted by molar-refractivity contribution is 0.0327. The monoisotopic (exact) mass is 385 g/mol. The number of benzene rings is 1. The van der Waals surface area contributed by atoms with E-state index in [2.05, 4.69) is 5.32 Å². The molecule has 0 saturated carbocycles. The number of nitrogens with one attached hydrogen (secondary N) is 1. The molecule has 0 spiro atoms.